The second kappa shape index (κ2) is 3.56. The number of nitrogens with one attached hydrogen (secondary N) is 1. The molecule has 3 nitrogen and oxygen atoms in total. The van der Waals surface area contributed by atoms with E-state index in [1.54, 1.807) is 7.11 Å². The predicted octanol–water partition coefficient (Wildman–Crippen LogP) is 0.932. The number of fused-ring (bicyclic) bond motifs is 2. The maximum atomic E-state index is 5.64. The van der Waals surface area contributed by atoms with Gasteiger partial charge in [-0.15, -0.1) is 0 Å². The van der Waals surface area contributed by atoms with E-state index >= 15 is 0 Å². The van der Waals surface area contributed by atoms with Gasteiger partial charge < -0.3 is 14.8 Å². The summed E-state index contributed by atoms with van der Waals surface area (Å²) in [6.45, 7) is 0.734. The van der Waals surface area contributed by atoms with Crippen molar-refractivity contribution in [2.75, 3.05) is 20.8 Å². The van der Waals surface area contributed by atoms with Gasteiger partial charge in [-0.1, -0.05) is 0 Å². The van der Waals surface area contributed by atoms with E-state index in [2.05, 4.69) is 5.32 Å². The molecule has 0 aromatic rings. The van der Waals surface area contributed by atoms with Crippen LogP contribution < -0.4 is 5.32 Å². The molecule has 2 aliphatic heterocycles. The molecule has 2 atom stereocenters. The van der Waals surface area contributed by atoms with Gasteiger partial charge in [-0.05, 0) is 25.7 Å². The van der Waals surface area contributed by atoms with E-state index in [9.17, 15) is 0 Å². The van der Waals surface area contributed by atoms with E-state index in [1.165, 1.54) is 12.8 Å². The summed E-state index contributed by atoms with van der Waals surface area (Å²) in [5, 5.41) is 3.60. The van der Waals surface area contributed by atoms with Gasteiger partial charge in [0.25, 0.3) is 0 Å². The van der Waals surface area contributed by atoms with Crippen molar-refractivity contribution in [3.05, 3.63) is 0 Å². The number of rotatable bonds is 3. The summed E-state index contributed by atoms with van der Waals surface area (Å²) in [6, 6.07) is 1.32. The van der Waals surface area contributed by atoms with Gasteiger partial charge in [0.2, 0.25) is 0 Å². The van der Waals surface area contributed by atoms with Crippen molar-refractivity contribution < 1.29 is 9.47 Å². The van der Waals surface area contributed by atoms with Gasteiger partial charge >= 0.3 is 0 Å². The maximum Gasteiger partial charge on any atom is 0.0940 e. The fourth-order valence-corrected chi connectivity index (χ4v) is 2.81. The molecule has 2 heterocycles. The van der Waals surface area contributed by atoms with Gasteiger partial charge in [0.05, 0.1) is 12.2 Å². The summed E-state index contributed by atoms with van der Waals surface area (Å²) in [7, 11) is 3.56. The Bertz CT molecular complexity index is 172. The lowest BCUT2D eigenvalue weighted by Gasteiger charge is -2.39. The Morgan fingerprint density at radius 3 is 2.31 bits per heavy atom. The molecule has 2 unspecified atom stereocenters. The van der Waals surface area contributed by atoms with E-state index in [-0.39, 0.29) is 5.60 Å². The van der Waals surface area contributed by atoms with Crippen LogP contribution in [0.1, 0.15) is 25.7 Å². The van der Waals surface area contributed by atoms with Crippen LogP contribution in [0, 0.1) is 0 Å². The van der Waals surface area contributed by atoms with Gasteiger partial charge in [0.1, 0.15) is 0 Å². The smallest absolute Gasteiger partial charge is 0.0940 e. The van der Waals surface area contributed by atoms with Gasteiger partial charge in [-0.25, -0.2) is 0 Å². The maximum absolute atomic E-state index is 5.64. The number of ether oxygens (including phenoxy) is 2. The third-order valence-electron chi connectivity index (χ3n) is 3.41. The Hall–Kier alpha value is -0.120. The molecule has 0 aromatic carbocycles. The summed E-state index contributed by atoms with van der Waals surface area (Å²) < 4.78 is 10.9. The van der Waals surface area contributed by atoms with Gasteiger partial charge in [0.15, 0.2) is 0 Å². The molecule has 2 saturated heterocycles. The summed E-state index contributed by atoms with van der Waals surface area (Å²) in [4.78, 5) is 0. The van der Waals surface area contributed by atoms with Gasteiger partial charge in [0, 0.05) is 26.3 Å². The minimum atomic E-state index is -0.00810. The third-order valence-corrected chi connectivity index (χ3v) is 3.41. The van der Waals surface area contributed by atoms with Crippen LogP contribution in [0.3, 0.4) is 0 Å². The number of piperidine rings is 1. The van der Waals surface area contributed by atoms with E-state index < -0.39 is 0 Å². The SMILES string of the molecule is COCC1(OC)CC2CCC(C1)N2. The second-order valence-electron chi connectivity index (χ2n) is 4.37. The van der Waals surface area contributed by atoms with Crippen LogP contribution in [-0.4, -0.2) is 38.5 Å². The molecular weight excluding hydrogens is 166 g/mol. The van der Waals surface area contributed by atoms with Crippen molar-refractivity contribution in [1.82, 2.24) is 5.32 Å². The second-order valence-corrected chi connectivity index (χ2v) is 4.37. The molecule has 2 bridgehead atoms. The first-order chi connectivity index (χ1) is 6.28. The molecule has 2 fully saturated rings. The quantitative estimate of drug-likeness (QED) is 0.709. The lowest BCUT2D eigenvalue weighted by Crippen LogP contribution is -2.51. The van der Waals surface area contributed by atoms with Crippen LogP contribution in [0.5, 0.6) is 0 Å². The highest BCUT2D eigenvalue weighted by Crippen LogP contribution is 2.36. The van der Waals surface area contributed by atoms with E-state index in [4.69, 9.17) is 9.47 Å². The molecule has 0 aliphatic carbocycles. The zero-order valence-corrected chi connectivity index (χ0v) is 8.51. The van der Waals surface area contributed by atoms with Crippen LogP contribution in [0.15, 0.2) is 0 Å². The third kappa shape index (κ3) is 1.73. The average molecular weight is 185 g/mol. The minimum Gasteiger partial charge on any atom is -0.382 e. The molecule has 1 N–H and O–H groups in total. The van der Waals surface area contributed by atoms with Crippen LogP contribution >= 0.6 is 0 Å². The Morgan fingerprint density at radius 1 is 1.23 bits per heavy atom. The molecule has 0 saturated carbocycles. The Labute approximate surface area is 79.8 Å². The molecule has 2 aliphatic rings. The number of methoxy groups -OCH3 is 2. The molecule has 3 heteroatoms. The molecular formula is C10H19NO2. The highest BCUT2D eigenvalue weighted by atomic mass is 16.5. The summed E-state index contributed by atoms with van der Waals surface area (Å²) >= 11 is 0. The number of hydrogen-bond acceptors (Lipinski definition) is 3. The molecule has 0 radical (unpaired) electrons. The molecule has 2 rings (SSSR count). The Morgan fingerprint density at radius 2 is 1.85 bits per heavy atom. The Kier molecular flexibility index (Phi) is 2.58. The molecule has 0 aromatic heterocycles. The first kappa shape index (κ1) is 9.44. The average Bonchev–Trinajstić information content (AvgIpc) is 2.47. The molecule has 76 valence electrons. The van der Waals surface area contributed by atoms with Crippen molar-refractivity contribution in [3.63, 3.8) is 0 Å². The standard InChI is InChI=1S/C10H19NO2/c1-12-7-10(13-2)5-8-3-4-9(6-10)11-8/h8-9,11H,3-7H2,1-2H3. The summed E-state index contributed by atoms with van der Waals surface area (Å²) in [6.07, 6.45) is 4.82. The normalized spacial score (nSPS) is 43.8. The lowest BCUT2D eigenvalue weighted by molar-refractivity contribution is -0.0917. The highest BCUT2D eigenvalue weighted by molar-refractivity contribution is 5.00. The fraction of sp³-hybridized carbons (Fsp3) is 1.00. The van der Waals surface area contributed by atoms with Gasteiger partial charge in [-0.3, -0.25) is 0 Å². The van der Waals surface area contributed by atoms with Crippen molar-refractivity contribution in [2.45, 2.75) is 43.4 Å². The van der Waals surface area contributed by atoms with E-state index in [1.807, 2.05) is 7.11 Å². The molecule has 0 amide bonds. The van der Waals surface area contributed by atoms with Crippen molar-refractivity contribution >= 4 is 0 Å². The highest BCUT2D eigenvalue weighted by Gasteiger charge is 2.43. The van der Waals surface area contributed by atoms with Crippen LogP contribution in [0.2, 0.25) is 0 Å². The van der Waals surface area contributed by atoms with E-state index in [0.29, 0.717) is 12.1 Å². The van der Waals surface area contributed by atoms with E-state index in [0.717, 1.165) is 19.4 Å². The first-order valence-electron chi connectivity index (χ1n) is 5.08. The zero-order valence-electron chi connectivity index (χ0n) is 8.51. The van der Waals surface area contributed by atoms with Gasteiger partial charge in [-0.2, -0.15) is 0 Å². The summed E-state index contributed by atoms with van der Waals surface area (Å²) in [5.41, 5.74) is -0.00810. The fourth-order valence-electron chi connectivity index (χ4n) is 2.81. The monoisotopic (exact) mass is 185 g/mol. The van der Waals surface area contributed by atoms with Crippen LogP contribution in [0.4, 0.5) is 0 Å². The Balaban J connectivity index is 2.04. The van der Waals surface area contributed by atoms with Crippen molar-refractivity contribution in [2.24, 2.45) is 0 Å². The van der Waals surface area contributed by atoms with Crippen molar-refractivity contribution in [1.29, 1.82) is 0 Å². The number of hydrogen-bond donors (Lipinski definition) is 1. The molecule has 0 spiro atoms. The van der Waals surface area contributed by atoms with Crippen molar-refractivity contribution in [3.8, 4) is 0 Å². The predicted molar refractivity (Wildman–Crippen MR) is 50.8 cm³/mol. The molecule has 13 heavy (non-hydrogen) atoms. The van der Waals surface area contributed by atoms with Crippen LogP contribution in [0.25, 0.3) is 0 Å². The summed E-state index contributed by atoms with van der Waals surface area (Å²) in [5.74, 6) is 0. The zero-order chi connectivity index (χ0) is 9.31. The topological polar surface area (TPSA) is 30.5 Å². The first-order valence-corrected chi connectivity index (χ1v) is 5.08. The lowest BCUT2D eigenvalue weighted by atomic mass is 9.88. The van der Waals surface area contributed by atoms with Crippen LogP contribution in [-0.2, 0) is 9.47 Å². The minimum absolute atomic E-state index is 0.00810. The largest absolute Gasteiger partial charge is 0.382 e.